The fourth-order valence-electron chi connectivity index (χ4n) is 1.51. The summed E-state index contributed by atoms with van der Waals surface area (Å²) in [6, 6.07) is 7.01. The van der Waals surface area contributed by atoms with Crippen molar-refractivity contribution in [1.82, 2.24) is 0 Å². The van der Waals surface area contributed by atoms with Gasteiger partial charge in [0.25, 0.3) is 0 Å². The summed E-state index contributed by atoms with van der Waals surface area (Å²) in [5.41, 5.74) is 2.72. The molecule has 2 heteroatoms. The van der Waals surface area contributed by atoms with E-state index in [2.05, 4.69) is 46.4 Å². The van der Waals surface area contributed by atoms with Gasteiger partial charge in [-0.3, -0.25) is 0 Å². The van der Waals surface area contributed by atoms with Gasteiger partial charge in [-0.1, -0.05) is 22.0 Å². The summed E-state index contributed by atoms with van der Waals surface area (Å²) in [5, 5.41) is 3.41. The number of nitrogens with one attached hydrogen (secondary N) is 1. The van der Waals surface area contributed by atoms with Gasteiger partial charge in [0.1, 0.15) is 0 Å². The van der Waals surface area contributed by atoms with Crippen LogP contribution in [0.5, 0.6) is 0 Å². The van der Waals surface area contributed by atoms with E-state index in [4.69, 9.17) is 0 Å². The highest BCUT2D eigenvalue weighted by Gasteiger charge is 2.15. The van der Waals surface area contributed by atoms with E-state index in [-0.39, 0.29) is 0 Å². The van der Waals surface area contributed by atoms with Gasteiger partial charge in [-0.25, -0.2) is 0 Å². The van der Waals surface area contributed by atoms with Crippen molar-refractivity contribution in [3.05, 3.63) is 28.2 Å². The smallest absolute Gasteiger partial charge is 0.0386 e. The monoisotopic (exact) mass is 211 g/mol. The summed E-state index contributed by atoms with van der Waals surface area (Å²) in [7, 11) is 0. The molecule has 0 radical (unpaired) electrons. The molecule has 0 aromatic heterocycles. The zero-order valence-corrected chi connectivity index (χ0v) is 7.98. The van der Waals surface area contributed by atoms with Gasteiger partial charge < -0.3 is 5.32 Å². The Kier molecular flexibility index (Phi) is 1.64. The summed E-state index contributed by atoms with van der Waals surface area (Å²) in [5.74, 6) is 0. The van der Waals surface area contributed by atoms with Crippen LogP contribution in [0.2, 0.25) is 0 Å². The van der Waals surface area contributed by atoms with Crippen molar-refractivity contribution >= 4 is 21.6 Å². The Morgan fingerprint density at radius 2 is 2.36 bits per heavy atom. The summed E-state index contributed by atoms with van der Waals surface area (Å²) in [6.45, 7) is 2.20. The van der Waals surface area contributed by atoms with E-state index in [0.717, 1.165) is 10.9 Å². The molecule has 0 aliphatic carbocycles. The van der Waals surface area contributed by atoms with Crippen LogP contribution >= 0.6 is 15.9 Å². The average molecular weight is 212 g/mol. The molecule has 0 fully saturated rings. The minimum atomic E-state index is 0.597. The first-order valence-electron chi connectivity index (χ1n) is 3.80. The van der Waals surface area contributed by atoms with Crippen LogP contribution in [0.4, 0.5) is 5.69 Å². The number of hydrogen-bond donors (Lipinski definition) is 1. The van der Waals surface area contributed by atoms with Crippen molar-refractivity contribution in [2.45, 2.75) is 19.4 Å². The minimum absolute atomic E-state index is 0.597. The molecule has 11 heavy (non-hydrogen) atoms. The first kappa shape index (κ1) is 7.17. The lowest BCUT2D eigenvalue weighted by Crippen LogP contribution is -2.08. The summed E-state index contributed by atoms with van der Waals surface area (Å²) in [4.78, 5) is 0. The fourth-order valence-corrected chi connectivity index (χ4v) is 1.87. The fraction of sp³-hybridized carbons (Fsp3) is 0.333. The molecule has 1 aliphatic rings. The minimum Gasteiger partial charge on any atom is -0.382 e. The van der Waals surface area contributed by atoms with E-state index in [1.54, 1.807) is 0 Å². The van der Waals surface area contributed by atoms with Gasteiger partial charge in [-0.05, 0) is 31.0 Å². The highest BCUT2D eigenvalue weighted by atomic mass is 79.9. The molecule has 0 saturated carbocycles. The molecule has 1 N–H and O–H groups in total. The number of anilines is 1. The Hall–Kier alpha value is -0.500. The van der Waals surface area contributed by atoms with E-state index in [1.165, 1.54) is 11.3 Å². The van der Waals surface area contributed by atoms with Crippen LogP contribution in [-0.2, 0) is 6.42 Å². The van der Waals surface area contributed by atoms with E-state index in [0.29, 0.717) is 6.04 Å². The lowest BCUT2D eigenvalue weighted by Gasteiger charge is -2.01. The Morgan fingerprint density at radius 3 is 3.18 bits per heavy atom. The Labute approximate surface area is 74.9 Å². The molecule has 1 atom stereocenters. The second-order valence-corrected chi connectivity index (χ2v) is 3.97. The van der Waals surface area contributed by atoms with Crippen molar-refractivity contribution < 1.29 is 0 Å². The number of fused-ring (bicyclic) bond motifs is 1. The van der Waals surface area contributed by atoms with Crippen LogP contribution in [0.1, 0.15) is 12.5 Å². The van der Waals surface area contributed by atoms with Crippen molar-refractivity contribution in [3.63, 3.8) is 0 Å². The second kappa shape index (κ2) is 2.52. The quantitative estimate of drug-likeness (QED) is 0.697. The van der Waals surface area contributed by atoms with E-state index < -0.39 is 0 Å². The lowest BCUT2D eigenvalue weighted by molar-refractivity contribution is 0.839. The lowest BCUT2D eigenvalue weighted by atomic mass is 10.1. The Bertz CT molecular complexity index is 283. The largest absolute Gasteiger partial charge is 0.382 e. The summed E-state index contributed by atoms with van der Waals surface area (Å²) < 4.78 is 1.15. The first-order valence-corrected chi connectivity index (χ1v) is 4.60. The number of benzene rings is 1. The van der Waals surface area contributed by atoms with Crippen LogP contribution in [-0.4, -0.2) is 6.04 Å². The molecule has 1 heterocycles. The van der Waals surface area contributed by atoms with Crippen molar-refractivity contribution in [2.24, 2.45) is 0 Å². The molecule has 58 valence electrons. The molecule has 0 spiro atoms. The number of halogens is 1. The van der Waals surface area contributed by atoms with Crippen molar-refractivity contribution in [3.8, 4) is 0 Å². The zero-order chi connectivity index (χ0) is 7.84. The molecule has 0 amide bonds. The standard InChI is InChI=1S/C9H10BrN/c1-6-4-7-2-3-8(10)5-9(7)11-6/h2-3,5-6,11H,4H2,1H3/t6-/m0/s1. The van der Waals surface area contributed by atoms with Gasteiger partial charge in [0.2, 0.25) is 0 Å². The molecular weight excluding hydrogens is 202 g/mol. The van der Waals surface area contributed by atoms with Gasteiger partial charge in [0, 0.05) is 16.2 Å². The molecule has 1 aromatic carbocycles. The third-order valence-electron chi connectivity index (χ3n) is 2.00. The molecule has 1 aromatic rings. The predicted octanol–water partition coefficient (Wildman–Crippen LogP) is 2.81. The molecule has 0 saturated heterocycles. The molecule has 2 rings (SSSR count). The van der Waals surface area contributed by atoms with Gasteiger partial charge >= 0.3 is 0 Å². The normalized spacial score (nSPS) is 21.1. The molecule has 1 nitrogen and oxygen atoms in total. The van der Waals surface area contributed by atoms with Crippen LogP contribution < -0.4 is 5.32 Å². The van der Waals surface area contributed by atoms with Crippen molar-refractivity contribution in [2.75, 3.05) is 5.32 Å². The van der Waals surface area contributed by atoms with Gasteiger partial charge in [-0.2, -0.15) is 0 Å². The number of rotatable bonds is 0. The molecule has 0 unspecified atom stereocenters. The van der Waals surface area contributed by atoms with Crippen LogP contribution in [0, 0.1) is 0 Å². The predicted molar refractivity (Wildman–Crippen MR) is 50.9 cm³/mol. The van der Waals surface area contributed by atoms with Crippen LogP contribution in [0.3, 0.4) is 0 Å². The van der Waals surface area contributed by atoms with E-state index in [9.17, 15) is 0 Å². The highest BCUT2D eigenvalue weighted by molar-refractivity contribution is 9.10. The van der Waals surface area contributed by atoms with E-state index in [1.807, 2.05) is 0 Å². The number of hydrogen-bond acceptors (Lipinski definition) is 1. The summed E-state index contributed by atoms with van der Waals surface area (Å²) >= 11 is 3.44. The van der Waals surface area contributed by atoms with Crippen LogP contribution in [0.25, 0.3) is 0 Å². The first-order chi connectivity index (χ1) is 5.25. The molecule has 0 bridgehead atoms. The topological polar surface area (TPSA) is 12.0 Å². The van der Waals surface area contributed by atoms with Crippen LogP contribution in [0.15, 0.2) is 22.7 Å². The highest BCUT2D eigenvalue weighted by Crippen LogP contribution is 2.28. The van der Waals surface area contributed by atoms with Gasteiger partial charge in [0.05, 0.1) is 0 Å². The second-order valence-electron chi connectivity index (χ2n) is 3.05. The summed E-state index contributed by atoms with van der Waals surface area (Å²) in [6.07, 6.45) is 1.16. The maximum atomic E-state index is 3.44. The maximum Gasteiger partial charge on any atom is 0.0386 e. The maximum absolute atomic E-state index is 3.44. The zero-order valence-electron chi connectivity index (χ0n) is 6.39. The average Bonchev–Trinajstić information content (AvgIpc) is 2.27. The Balaban J connectivity index is 2.43. The SMILES string of the molecule is C[C@H]1Cc2ccc(Br)cc2N1. The van der Waals surface area contributed by atoms with Gasteiger partial charge in [-0.15, -0.1) is 0 Å². The Morgan fingerprint density at radius 1 is 1.55 bits per heavy atom. The van der Waals surface area contributed by atoms with Gasteiger partial charge in [0.15, 0.2) is 0 Å². The third-order valence-corrected chi connectivity index (χ3v) is 2.49. The third kappa shape index (κ3) is 1.27. The van der Waals surface area contributed by atoms with Crippen molar-refractivity contribution in [1.29, 1.82) is 0 Å². The molecule has 1 aliphatic heterocycles. The molecular formula is C9H10BrN. The van der Waals surface area contributed by atoms with E-state index >= 15 is 0 Å².